The van der Waals surface area contributed by atoms with Crippen LogP contribution in [0.5, 0.6) is 0 Å². The van der Waals surface area contributed by atoms with Crippen molar-refractivity contribution in [1.82, 2.24) is 4.98 Å². The normalized spacial score (nSPS) is 11.5. The zero-order valence-electron chi connectivity index (χ0n) is 14.0. The summed E-state index contributed by atoms with van der Waals surface area (Å²) >= 11 is 5.23. The summed E-state index contributed by atoms with van der Waals surface area (Å²) in [4.78, 5) is 7.13. The summed E-state index contributed by atoms with van der Waals surface area (Å²) in [6, 6.07) is 16.8. The highest BCUT2D eigenvalue weighted by atomic mass is 32.2. The standard InChI is InChI=1S/C20H18N2S3/c1-12(2)24-20-18(21)17-14(13-7-4-3-5-8-13)11-15(22-19(17)25-20)16-9-6-10-23-16/h3-12H,21H2,1-2H3. The molecule has 3 heterocycles. The van der Waals surface area contributed by atoms with Crippen molar-refractivity contribution in [2.45, 2.75) is 23.3 Å². The van der Waals surface area contributed by atoms with Gasteiger partial charge in [-0.1, -0.05) is 50.2 Å². The van der Waals surface area contributed by atoms with Crippen molar-refractivity contribution in [3.63, 3.8) is 0 Å². The molecule has 1 aromatic carbocycles. The number of hydrogen-bond acceptors (Lipinski definition) is 5. The first-order valence-electron chi connectivity index (χ1n) is 8.12. The molecule has 0 spiro atoms. The molecule has 5 heteroatoms. The Kier molecular flexibility index (Phi) is 4.54. The number of fused-ring (bicyclic) bond motifs is 1. The van der Waals surface area contributed by atoms with Crippen LogP contribution in [0.15, 0.2) is 58.1 Å². The van der Waals surface area contributed by atoms with Crippen LogP contribution in [-0.4, -0.2) is 10.2 Å². The van der Waals surface area contributed by atoms with Crippen LogP contribution in [-0.2, 0) is 0 Å². The van der Waals surface area contributed by atoms with Gasteiger partial charge < -0.3 is 5.73 Å². The molecular formula is C20H18N2S3. The molecule has 4 aromatic rings. The van der Waals surface area contributed by atoms with Crippen molar-refractivity contribution in [1.29, 1.82) is 0 Å². The van der Waals surface area contributed by atoms with Crippen LogP contribution in [0.2, 0.25) is 0 Å². The van der Waals surface area contributed by atoms with Crippen LogP contribution in [0.25, 0.3) is 31.9 Å². The lowest BCUT2D eigenvalue weighted by Crippen LogP contribution is -1.91. The largest absolute Gasteiger partial charge is 0.397 e. The van der Waals surface area contributed by atoms with E-state index in [1.807, 2.05) is 17.8 Å². The Morgan fingerprint density at radius 2 is 1.88 bits per heavy atom. The van der Waals surface area contributed by atoms with Gasteiger partial charge in [0, 0.05) is 10.6 Å². The molecule has 126 valence electrons. The maximum absolute atomic E-state index is 6.55. The molecule has 0 atom stereocenters. The molecule has 3 aromatic heterocycles. The SMILES string of the molecule is CC(C)Sc1sc2nc(-c3cccs3)cc(-c3ccccc3)c2c1N. The first-order valence-corrected chi connectivity index (χ1v) is 10.7. The molecule has 0 aliphatic heterocycles. The average Bonchev–Trinajstić information content (AvgIpc) is 3.24. The van der Waals surface area contributed by atoms with Crippen molar-refractivity contribution in [2.75, 3.05) is 5.73 Å². The number of anilines is 1. The Bertz CT molecular complexity index is 1000. The van der Waals surface area contributed by atoms with Gasteiger partial charge in [-0.3, -0.25) is 0 Å². The van der Waals surface area contributed by atoms with Crippen LogP contribution in [0, 0.1) is 0 Å². The van der Waals surface area contributed by atoms with Gasteiger partial charge in [0.15, 0.2) is 0 Å². The Balaban J connectivity index is 2.00. The number of pyridine rings is 1. The molecule has 0 bridgehead atoms. The van der Waals surface area contributed by atoms with E-state index in [2.05, 4.69) is 61.7 Å². The molecule has 0 radical (unpaired) electrons. The van der Waals surface area contributed by atoms with E-state index in [1.54, 1.807) is 22.7 Å². The highest BCUT2D eigenvalue weighted by molar-refractivity contribution is 8.02. The fourth-order valence-corrected chi connectivity index (χ4v) is 6.00. The third kappa shape index (κ3) is 3.19. The second-order valence-electron chi connectivity index (χ2n) is 6.05. The van der Waals surface area contributed by atoms with E-state index in [9.17, 15) is 0 Å². The fraction of sp³-hybridized carbons (Fsp3) is 0.150. The summed E-state index contributed by atoms with van der Waals surface area (Å²) in [6.07, 6.45) is 0. The summed E-state index contributed by atoms with van der Waals surface area (Å²) in [5, 5.41) is 3.67. The van der Waals surface area contributed by atoms with Crippen LogP contribution in [0.4, 0.5) is 5.69 Å². The average molecular weight is 383 g/mol. The van der Waals surface area contributed by atoms with E-state index in [4.69, 9.17) is 10.7 Å². The number of thioether (sulfide) groups is 1. The van der Waals surface area contributed by atoms with E-state index in [0.717, 1.165) is 25.8 Å². The Morgan fingerprint density at radius 3 is 2.56 bits per heavy atom. The molecule has 0 saturated heterocycles. The summed E-state index contributed by atoms with van der Waals surface area (Å²) < 4.78 is 1.16. The first kappa shape index (κ1) is 16.6. The zero-order valence-corrected chi connectivity index (χ0v) is 16.5. The highest BCUT2D eigenvalue weighted by Crippen LogP contribution is 2.46. The van der Waals surface area contributed by atoms with Crippen LogP contribution in [0.1, 0.15) is 13.8 Å². The second-order valence-corrected chi connectivity index (χ2v) is 9.84. The summed E-state index contributed by atoms with van der Waals surface area (Å²) in [6.45, 7) is 4.38. The molecule has 0 aliphatic rings. The third-order valence-electron chi connectivity index (χ3n) is 3.87. The minimum atomic E-state index is 0.493. The van der Waals surface area contributed by atoms with E-state index >= 15 is 0 Å². The third-order valence-corrected chi connectivity index (χ3v) is 7.10. The second kappa shape index (κ2) is 6.83. The van der Waals surface area contributed by atoms with Crippen molar-refractivity contribution in [2.24, 2.45) is 0 Å². The van der Waals surface area contributed by atoms with Gasteiger partial charge in [0.25, 0.3) is 0 Å². The monoisotopic (exact) mass is 382 g/mol. The number of hydrogen-bond donors (Lipinski definition) is 1. The van der Waals surface area contributed by atoms with Gasteiger partial charge in [0.1, 0.15) is 4.83 Å². The molecule has 2 N–H and O–H groups in total. The molecule has 0 unspecified atom stereocenters. The molecule has 0 saturated carbocycles. The molecule has 0 fully saturated rings. The molecule has 4 rings (SSSR count). The van der Waals surface area contributed by atoms with E-state index < -0.39 is 0 Å². The number of rotatable bonds is 4. The lowest BCUT2D eigenvalue weighted by Gasteiger charge is -2.08. The topological polar surface area (TPSA) is 38.9 Å². The predicted octanol–water partition coefficient (Wildman–Crippen LogP) is 6.77. The quantitative estimate of drug-likeness (QED) is 0.396. The van der Waals surface area contributed by atoms with Crippen LogP contribution < -0.4 is 5.73 Å². The van der Waals surface area contributed by atoms with Crippen molar-refractivity contribution >= 4 is 50.3 Å². The highest BCUT2D eigenvalue weighted by Gasteiger charge is 2.18. The molecule has 0 amide bonds. The maximum atomic E-state index is 6.55. The van der Waals surface area contributed by atoms with Crippen molar-refractivity contribution in [3.05, 3.63) is 53.9 Å². The lowest BCUT2D eigenvalue weighted by atomic mass is 10.0. The van der Waals surface area contributed by atoms with Gasteiger partial charge in [-0.25, -0.2) is 4.98 Å². The van der Waals surface area contributed by atoms with Crippen LogP contribution >= 0.6 is 34.4 Å². The minimum Gasteiger partial charge on any atom is -0.397 e. The molecule has 0 aliphatic carbocycles. The van der Waals surface area contributed by atoms with Crippen LogP contribution in [0.3, 0.4) is 0 Å². The van der Waals surface area contributed by atoms with Crippen molar-refractivity contribution in [3.8, 4) is 21.7 Å². The van der Waals surface area contributed by atoms with E-state index in [0.29, 0.717) is 5.25 Å². The Labute approximate surface area is 159 Å². The van der Waals surface area contributed by atoms with E-state index in [-0.39, 0.29) is 0 Å². The number of nitrogen functional groups attached to an aromatic ring is 1. The van der Waals surface area contributed by atoms with Gasteiger partial charge in [-0.2, -0.15) is 0 Å². The first-order chi connectivity index (χ1) is 12.1. The Hall–Kier alpha value is -1.82. The van der Waals surface area contributed by atoms with Gasteiger partial charge in [0.2, 0.25) is 0 Å². The smallest absolute Gasteiger partial charge is 0.127 e. The maximum Gasteiger partial charge on any atom is 0.127 e. The Morgan fingerprint density at radius 1 is 1.08 bits per heavy atom. The molecular weight excluding hydrogens is 364 g/mol. The summed E-state index contributed by atoms with van der Waals surface area (Å²) in [5.74, 6) is 0. The number of thiophene rings is 2. The van der Waals surface area contributed by atoms with Crippen molar-refractivity contribution < 1.29 is 0 Å². The summed E-state index contributed by atoms with van der Waals surface area (Å²) in [5.41, 5.74) is 10.8. The molecule has 25 heavy (non-hydrogen) atoms. The molecule has 2 nitrogen and oxygen atoms in total. The van der Waals surface area contributed by atoms with Gasteiger partial charge in [0.05, 0.1) is 20.5 Å². The summed E-state index contributed by atoms with van der Waals surface area (Å²) in [7, 11) is 0. The number of nitrogens with two attached hydrogens (primary N) is 1. The fourth-order valence-electron chi connectivity index (χ4n) is 2.80. The zero-order chi connectivity index (χ0) is 17.4. The van der Waals surface area contributed by atoms with Gasteiger partial charge >= 0.3 is 0 Å². The van der Waals surface area contributed by atoms with Gasteiger partial charge in [-0.15, -0.1) is 34.4 Å². The number of aromatic nitrogens is 1. The van der Waals surface area contributed by atoms with Gasteiger partial charge in [-0.05, 0) is 28.6 Å². The lowest BCUT2D eigenvalue weighted by molar-refractivity contribution is 1.11. The number of benzene rings is 1. The number of nitrogens with zero attached hydrogens (tertiary/aromatic N) is 1. The minimum absolute atomic E-state index is 0.493. The van der Waals surface area contributed by atoms with E-state index in [1.165, 1.54) is 16.0 Å². The predicted molar refractivity (Wildman–Crippen MR) is 114 cm³/mol.